The second kappa shape index (κ2) is 8.80. The Hall–Kier alpha value is -0.390. The average molecular weight is 323 g/mol. The highest BCUT2D eigenvalue weighted by Gasteiger charge is 2.23. The number of piperazine rings is 1. The van der Waals surface area contributed by atoms with Crippen LogP contribution in [0, 0.1) is 5.82 Å². The second-order valence-corrected chi connectivity index (χ2v) is 5.24. The molecule has 2 rings (SSSR count). The SMILES string of the molecule is Cl.OCCC[C@H](c1cc(F)ccc1Cl)N1CCNCC1. The molecule has 0 radical (unpaired) electrons. The molecule has 1 saturated heterocycles. The topological polar surface area (TPSA) is 35.5 Å². The van der Waals surface area contributed by atoms with Crippen LogP contribution in [0.15, 0.2) is 18.2 Å². The van der Waals surface area contributed by atoms with Crippen molar-refractivity contribution >= 4 is 24.0 Å². The fourth-order valence-corrected chi connectivity index (χ4v) is 2.83. The quantitative estimate of drug-likeness (QED) is 0.874. The minimum atomic E-state index is -0.261. The van der Waals surface area contributed by atoms with Gasteiger partial charge in [-0.2, -0.15) is 0 Å². The van der Waals surface area contributed by atoms with Gasteiger partial charge in [-0.1, -0.05) is 11.6 Å². The van der Waals surface area contributed by atoms with Crippen molar-refractivity contribution in [2.45, 2.75) is 18.9 Å². The first-order valence-corrected chi connectivity index (χ1v) is 7.10. The van der Waals surface area contributed by atoms with Crippen LogP contribution in [0.25, 0.3) is 0 Å². The van der Waals surface area contributed by atoms with Gasteiger partial charge in [0, 0.05) is 43.9 Å². The molecule has 2 N–H and O–H groups in total. The van der Waals surface area contributed by atoms with E-state index in [0.29, 0.717) is 11.4 Å². The van der Waals surface area contributed by atoms with Crippen LogP contribution in [0.3, 0.4) is 0 Å². The first-order valence-electron chi connectivity index (χ1n) is 6.73. The maximum absolute atomic E-state index is 13.5. The van der Waals surface area contributed by atoms with Crippen molar-refractivity contribution in [1.29, 1.82) is 0 Å². The van der Waals surface area contributed by atoms with Gasteiger partial charge < -0.3 is 10.4 Å². The summed E-state index contributed by atoms with van der Waals surface area (Å²) in [4.78, 5) is 2.31. The molecule has 6 heteroatoms. The van der Waals surface area contributed by atoms with Gasteiger partial charge in [-0.3, -0.25) is 4.90 Å². The molecule has 0 unspecified atom stereocenters. The van der Waals surface area contributed by atoms with E-state index in [1.165, 1.54) is 12.1 Å². The normalized spacial score (nSPS) is 17.6. The summed E-state index contributed by atoms with van der Waals surface area (Å²) in [5.41, 5.74) is 0.831. The highest BCUT2D eigenvalue weighted by atomic mass is 35.5. The van der Waals surface area contributed by atoms with Gasteiger partial charge in [-0.05, 0) is 36.6 Å². The maximum Gasteiger partial charge on any atom is 0.123 e. The third-order valence-corrected chi connectivity index (χ3v) is 3.89. The lowest BCUT2D eigenvalue weighted by molar-refractivity contribution is 0.154. The molecular formula is C14H21Cl2FN2O. The molecule has 1 aromatic carbocycles. The van der Waals surface area contributed by atoms with Crippen molar-refractivity contribution in [3.8, 4) is 0 Å². The molecule has 1 aliphatic rings. The highest BCUT2D eigenvalue weighted by Crippen LogP contribution is 2.32. The molecule has 0 bridgehead atoms. The van der Waals surface area contributed by atoms with Crippen molar-refractivity contribution in [2.24, 2.45) is 0 Å². The van der Waals surface area contributed by atoms with E-state index in [1.54, 1.807) is 6.07 Å². The second-order valence-electron chi connectivity index (χ2n) is 4.83. The zero-order chi connectivity index (χ0) is 13.7. The Bertz CT molecular complexity index is 414. The Labute approximate surface area is 130 Å². The summed E-state index contributed by atoms with van der Waals surface area (Å²) in [6.07, 6.45) is 1.49. The fourth-order valence-electron chi connectivity index (χ4n) is 2.58. The van der Waals surface area contributed by atoms with Crippen LogP contribution >= 0.6 is 24.0 Å². The minimum Gasteiger partial charge on any atom is -0.396 e. The number of hydrogen-bond donors (Lipinski definition) is 2. The first kappa shape index (κ1) is 17.7. The fraction of sp³-hybridized carbons (Fsp3) is 0.571. The Morgan fingerprint density at radius 2 is 2.05 bits per heavy atom. The molecule has 0 saturated carbocycles. The van der Waals surface area contributed by atoms with Crippen LogP contribution in [0.4, 0.5) is 4.39 Å². The molecule has 1 fully saturated rings. The van der Waals surface area contributed by atoms with E-state index < -0.39 is 0 Å². The Kier molecular flexibility index (Phi) is 7.77. The standard InChI is InChI=1S/C14H20ClFN2O.ClH/c15-13-4-3-11(16)10-12(13)14(2-1-9-19)18-7-5-17-6-8-18;/h3-4,10,14,17,19H,1-2,5-9H2;1H/t14-;/m1./s1. The molecule has 0 aliphatic carbocycles. The van der Waals surface area contributed by atoms with E-state index in [9.17, 15) is 4.39 Å². The van der Waals surface area contributed by atoms with Crippen LogP contribution in [0.5, 0.6) is 0 Å². The van der Waals surface area contributed by atoms with Crippen LogP contribution < -0.4 is 5.32 Å². The summed E-state index contributed by atoms with van der Waals surface area (Å²) in [6, 6.07) is 4.59. The van der Waals surface area contributed by atoms with Gasteiger partial charge in [0.1, 0.15) is 5.82 Å². The van der Waals surface area contributed by atoms with Gasteiger partial charge >= 0.3 is 0 Å². The van der Waals surface area contributed by atoms with Gasteiger partial charge in [0.15, 0.2) is 0 Å². The van der Waals surface area contributed by atoms with Gasteiger partial charge in [-0.25, -0.2) is 4.39 Å². The number of aliphatic hydroxyl groups excluding tert-OH is 1. The predicted octanol–water partition coefficient (Wildman–Crippen LogP) is 2.62. The Morgan fingerprint density at radius 1 is 1.35 bits per heavy atom. The van der Waals surface area contributed by atoms with E-state index in [-0.39, 0.29) is 30.9 Å². The van der Waals surface area contributed by atoms with Gasteiger partial charge in [0.25, 0.3) is 0 Å². The summed E-state index contributed by atoms with van der Waals surface area (Å²) in [7, 11) is 0. The zero-order valence-electron chi connectivity index (χ0n) is 11.3. The number of halogens is 3. The number of rotatable bonds is 5. The third kappa shape index (κ3) is 4.57. The summed E-state index contributed by atoms with van der Waals surface area (Å²) in [5, 5.41) is 13.0. The van der Waals surface area contributed by atoms with Crippen LogP contribution in [0.1, 0.15) is 24.4 Å². The summed E-state index contributed by atoms with van der Waals surface area (Å²) >= 11 is 6.22. The largest absolute Gasteiger partial charge is 0.396 e. The predicted molar refractivity (Wildman–Crippen MR) is 82.2 cm³/mol. The smallest absolute Gasteiger partial charge is 0.123 e. The van der Waals surface area contributed by atoms with Crippen LogP contribution in [-0.4, -0.2) is 42.8 Å². The number of benzene rings is 1. The molecule has 20 heavy (non-hydrogen) atoms. The van der Waals surface area contributed by atoms with Crippen LogP contribution in [0.2, 0.25) is 5.02 Å². The average Bonchev–Trinajstić information content (AvgIpc) is 2.44. The molecule has 1 aliphatic heterocycles. The lowest BCUT2D eigenvalue weighted by Gasteiger charge is -2.35. The lowest BCUT2D eigenvalue weighted by Crippen LogP contribution is -2.45. The maximum atomic E-state index is 13.5. The molecule has 1 atom stereocenters. The number of nitrogens with zero attached hydrogens (tertiary/aromatic N) is 1. The molecule has 0 amide bonds. The zero-order valence-corrected chi connectivity index (χ0v) is 12.9. The molecule has 0 spiro atoms. The monoisotopic (exact) mass is 322 g/mol. The number of hydrogen-bond acceptors (Lipinski definition) is 3. The van der Waals surface area contributed by atoms with E-state index in [1.807, 2.05) is 0 Å². The Morgan fingerprint density at radius 3 is 2.70 bits per heavy atom. The molecule has 1 heterocycles. The van der Waals surface area contributed by atoms with Gasteiger partial charge in [-0.15, -0.1) is 12.4 Å². The summed E-state index contributed by atoms with van der Waals surface area (Å²) in [6.45, 7) is 3.85. The van der Waals surface area contributed by atoms with E-state index in [2.05, 4.69) is 10.2 Å². The molecule has 1 aromatic rings. The van der Waals surface area contributed by atoms with E-state index >= 15 is 0 Å². The van der Waals surface area contributed by atoms with E-state index in [0.717, 1.165) is 38.2 Å². The summed E-state index contributed by atoms with van der Waals surface area (Å²) in [5.74, 6) is -0.261. The van der Waals surface area contributed by atoms with Crippen molar-refractivity contribution in [3.05, 3.63) is 34.6 Å². The van der Waals surface area contributed by atoms with Crippen molar-refractivity contribution in [2.75, 3.05) is 32.8 Å². The highest BCUT2D eigenvalue weighted by molar-refractivity contribution is 6.31. The number of nitrogens with one attached hydrogen (secondary N) is 1. The Balaban J connectivity index is 0.00000200. The molecule has 114 valence electrons. The first-order chi connectivity index (χ1) is 9.22. The minimum absolute atomic E-state index is 0. The van der Waals surface area contributed by atoms with Crippen molar-refractivity contribution in [1.82, 2.24) is 10.2 Å². The van der Waals surface area contributed by atoms with E-state index in [4.69, 9.17) is 16.7 Å². The molecule has 3 nitrogen and oxygen atoms in total. The molecular weight excluding hydrogens is 302 g/mol. The van der Waals surface area contributed by atoms with Crippen molar-refractivity contribution < 1.29 is 9.50 Å². The lowest BCUT2D eigenvalue weighted by atomic mass is 9.99. The summed E-state index contributed by atoms with van der Waals surface area (Å²) < 4.78 is 13.5. The van der Waals surface area contributed by atoms with Gasteiger partial charge in [0.05, 0.1) is 0 Å². The number of aliphatic hydroxyl groups is 1. The molecule has 0 aromatic heterocycles. The third-order valence-electron chi connectivity index (χ3n) is 3.55. The van der Waals surface area contributed by atoms with Gasteiger partial charge in [0.2, 0.25) is 0 Å². The van der Waals surface area contributed by atoms with Crippen molar-refractivity contribution in [3.63, 3.8) is 0 Å². The van der Waals surface area contributed by atoms with Crippen LogP contribution in [-0.2, 0) is 0 Å².